The van der Waals surface area contributed by atoms with Gasteiger partial charge in [0, 0.05) is 16.9 Å². The summed E-state index contributed by atoms with van der Waals surface area (Å²) < 4.78 is 0. The van der Waals surface area contributed by atoms with Crippen LogP contribution in [0.4, 0.5) is 0 Å². The Morgan fingerprint density at radius 2 is 1.47 bits per heavy atom. The molecule has 7 heteroatoms. The third kappa shape index (κ3) is 4.69. The van der Waals surface area contributed by atoms with E-state index in [0.717, 1.165) is 33.1 Å². The maximum absolute atomic E-state index is 12.3. The standard InChI is InChI=1S/C23H20N4O2S/c1-15-6-10-17(11-7-15)21(28)26-27-22(29)18-12-8-16(9-13-18)14-30-23-24-19-4-2-3-5-20(19)25-23/h2-13H,14H2,1H3,(H,24,25)(H,26,28)(H,27,29). The van der Waals surface area contributed by atoms with Gasteiger partial charge in [0.15, 0.2) is 5.16 Å². The van der Waals surface area contributed by atoms with Crippen LogP contribution < -0.4 is 10.9 Å². The Kier molecular flexibility index (Phi) is 5.81. The first-order chi connectivity index (χ1) is 14.6. The van der Waals surface area contributed by atoms with Crippen LogP contribution >= 0.6 is 11.8 Å². The molecule has 0 radical (unpaired) electrons. The third-order valence-electron chi connectivity index (χ3n) is 4.56. The van der Waals surface area contributed by atoms with Crippen LogP contribution in [0.3, 0.4) is 0 Å². The van der Waals surface area contributed by atoms with E-state index in [0.29, 0.717) is 11.1 Å². The molecule has 0 aliphatic rings. The van der Waals surface area contributed by atoms with E-state index in [-0.39, 0.29) is 11.8 Å². The zero-order chi connectivity index (χ0) is 20.9. The van der Waals surface area contributed by atoms with Gasteiger partial charge in [-0.2, -0.15) is 0 Å². The number of imidazole rings is 1. The topological polar surface area (TPSA) is 86.9 Å². The highest BCUT2D eigenvalue weighted by Gasteiger charge is 2.09. The lowest BCUT2D eigenvalue weighted by atomic mass is 10.1. The van der Waals surface area contributed by atoms with Crippen molar-refractivity contribution in [3.8, 4) is 0 Å². The Morgan fingerprint density at radius 1 is 0.867 bits per heavy atom. The normalized spacial score (nSPS) is 10.7. The van der Waals surface area contributed by atoms with Gasteiger partial charge in [0.05, 0.1) is 11.0 Å². The quantitative estimate of drug-likeness (QED) is 0.335. The number of thioether (sulfide) groups is 1. The minimum Gasteiger partial charge on any atom is -0.333 e. The molecule has 0 atom stereocenters. The molecule has 30 heavy (non-hydrogen) atoms. The molecule has 3 aromatic carbocycles. The van der Waals surface area contributed by atoms with Crippen LogP contribution in [0.15, 0.2) is 78.0 Å². The van der Waals surface area contributed by atoms with Crippen LogP contribution in [-0.4, -0.2) is 21.8 Å². The number of H-pyrrole nitrogens is 1. The zero-order valence-corrected chi connectivity index (χ0v) is 17.1. The molecule has 2 amide bonds. The number of para-hydroxylation sites is 2. The number of carbonyl (C=O) groups excluding carboxylic acids is 2. The highest BCUT2D eigenvalue weighted by atomic mass is 32.2. The Morgan fingerprint density at radius 3 is 2.10 bits per heavy atom. The van der Waals surface area contributed by atoms with Crippen molar-refractivity contribution in [3.05, 3.63) is 95.1 Å². The van der Waals surface area contributed by atoms with Gasteiger partial charge < -0.3 is 4.98 Å². The monoisotopic (exact) mass is 416 g/mol. The fraction of sp³-hybridized carbons (Fsp3) is 0.0870. The second kappa shape index (κ2) is 8.84. The first kappa shape index (κ1) is 19.7. The minimum absolute atomic E-state index is 0.359. The zero-order valence-electron chi connectivity index (χ0n) is 16.3. The minimum atomic E-state index is -0.369. The number of hydrogen-bond donors (Lipinski definition) is 3. The number of hydrogen-bond acceptors (Lipinski definition) is 4. The summed E-state index contributed by atoms with van der Waals surface area (Å²) in [6, 6.07) is 22.3. The summed E-state index contributed by atoms with van der Waals surface area (Å²) in [5.74, 6) is 0.000421. The molecule has 150 valence electrons. The van der Waals surface area contributed by atoms with Crippen molar-refractivity contribution in [1.29, 1.82) is 0 Å². The van der Waals surface area contributed by atoms with E-state index in [1.54, 1.807) is 36.0 Å². The average Bonchev–Trinajstić information content (AvgIpc) is 3.20. The molecule has 4 rings (SSSR count). The fourth-order valence-corrected chi connectivity index (χ4v) is 3.71. The summed E-state index contributed by atoms with van der Waals surface area (Å²) in [6.07, 6.45) is 0. The van der Waals surface area contributed by atoms with Crippen LogP contribution in [-0.2, 0) is 5.75 Å². The van der Waals surface area contributed by atoms with Crippen molar-refractivity contribution in [2.45, 2.75) is 17.8 Å². The fourth-order valence-electron chi connectivity index (χ4n) is 2.86. The molecule has 0 saturated carbocycles. The molecule has 0 saturated heterocycles. The van der Waals surface area contributed by atoms with Gasteiger partial charge in [0.2, 0.25) is 0 Å². The van der Waals surface area contributed by atoms with Gasteiger partial charge in [-0.05, 0) is 48.9 Å². The van der Waals surface area contributed by atoms with Gasteiger partial charge >= 0.3 is 0 Å². The van der Waals surface area contributed by atoms with Crippen LogP contribution in [0.5, 0.6) is 0 Å². The van der Waals surface area contributed by atoms with Gasteiger partial charge in [0.25, 0.3) is 11.8 Å². The van der Waals surface area contributed by atoms with Crippen molar-refractivity contribution in [2.24, 2.45) is 0 Å². The summed E-state index contributed by atoms with van der Waals surface area (Å²) in [4.78, 5) is 32.2. The van der Waals surface area contributed by atoms with Gasteiger partial charge in [-0.3, -0.25) is 20.4 Å². The van der Waals surface area contributed by atoms with E-state index < -0.39 is 0 Å². The predicted molar refractivity (Wildman–Crippen MR) is 118 cm³/mol. The largest absolute Gasteiger partial charge is 0.333 e. The molecule has 3 N–H and O–H groups in total. The van der Waals surface area contributed by atoms with E-state index in [1.807, 2.05) is 55.5 Å². The molecule has 0 spiro atoms. The van der Waals surface area contributed by atoms with E-state index in [9.17, 15) is 9.59 Å². The van der Waals surface area contributed by atoms with Crippen LogP contribution in [0.25, 0.3) is 11.0 Å². The number of aromatic amines is 1. The molecule has 0 bridgehead atoms. The first-order valence-corrected chi connectivity index (χ1v) is 10.4. The van der Waals surface area contributed by atoms with Crippen molar-refractivity contribution in [2.75, 3.05) is 0 Å². The van der Waals surface area contributed by atoms with Crippen LogP contribution in [0.2, 0.25) is 0 Å². The Bertz CT molecular complexity index is 1150. The predicted octanol–water partition coefficient (Wildman–Crippen LogP) is 4.24. The number of benzene rings is 3. The first-order valence-electron chi connectivity index (χ1n) is 9.42. The molecule has 1 aromatic heterocycles. The number of nitrogens with one attached hydrogen (secondary N) is 3. The third-order valence-corrected chi connectivity index (χ3v) is 5.51. The van der Waals surface area contributed by atoms with Gasteiger partial charge in [-0.25, -0.2) is 4.98 Å². The Labute approximate surface area is 178 Å². The summed E-state index contributed by atoms with van der Waals surface area (Å²) in [5, 5.41) is 0.858. The van der Waals surface area contributed by atoms with E-state index >= 15 is 0 Å². The smallest absolute Gasteiger partial charge is 0.269 e. The van der Waals surface area contributed by atoms with E-state index in [2.05, 4.69) is 20.8 Å². The highest BCUT2D eigenvalue weighted by Crippen LogP contribution is 2.23. The number of hydrazine groups is 1. The van der Waals surface area contributed by atoms with E-state index in [4.69, 9.17) is 0 Å². The maximum atomic E-state index is 12.3. The van der Waals surface area contributed by atoms with E-state index in [1.165, 1.54) is 0 Å². The summed E-state index contributed by atoms with van der Waals surface area (Å²) in [6.45, 7) is 1.95. The number of rotatable bonds is 5. The Balaban J connectivity index is 1.30. The molecular formula is C23H20N4O2S. The molecule has 0 fully saturated rings. The second-order valence-electron chi connectivity index (χ2n) is 6.82. The molecule has 6 nitrogen and oxygen atoms in total. The second-order valence-corrected chi connectivity index (χ2v) is 7.78. The van der Waals surface area contributed by atoms with Crippen molar-refractivity contribution in [1.82, 2.24) is 20.8 Å². The molecule has 0 unspecified atom stereocenters. The maximum Gasteiger partial charge on any atom is 0.269 e. The number of nitrogens with zero attached hydrogens (tertiary/aromatic N) is 1. The number of carbonyl (C=O) groups is 2. The Hall–Kier alpha value is -3.58. The van der Waals surface area contributed by atoms with Crippen LogP contribution in [0, 0.1) is 6.92 Å². The van der Waals surface area contributed by atoms with Gasteiger partial charge in [0.1, 0.15) is 0 Å². The number of fused-ring (bicyclic) bond motifs is 1. The molecular weight excluding hydrogens is 396 g/mol. The lowest BCUT2D eigenvalue weighted by Crippen LogP contribution is -2.41. The summed E-state index contributed by atoms with van der Waals surface area (Å²) in [5.41, 5.74) is 9.93. The highest BCUT2D eigenvalue weighted by molar-refractivity contribution is 7.98. The van der Waals surface area contributed by atoms with Gasteiger partial charge in [-0.1, -0.05) is 53.7 Å². The van der Waals surface area contributed by atoms with Crippen molar-refractivity contribution in [3.63, 3.8) is 0 Å². The molecule has 0 aliphatic heterocycles. The SMILES string of the molecule is Cc1ccc(C(=O)NNC(=O)c2ccc(CSc3nc4ccccc4[nH]3)cc2)cc1. The summed E-state index contributed by atoms with van der Waals surface area (Å²) in [7, 11) is 0. The van der Waals surface area contributed by atoms with Gasteiger partial charge in [-0.15, -0.1) is 0 Å². The average molecular weight is 417 g/mol. The lowest BCUT2D eigenvalue weighted by Gasteiger charge is -2.08. The molecule has 4 aromatic rings. The number of amides is 2. The molecule has 0 aliphatic carbocycles. The number of aryl methyl sites for hydroxylation is 1. The summed E-state index contributed by atoms with van der Waals surface area (Å²) >= 11 is 1.60. The van der Waals surface area contributed by atoms with Crippen LogP contribution in [0.1, 0.15) is 31.8 Å². The molecule has 1 heterocycles. The van der Waals surface area contributed by atoms with Crippen molar-refractivity contribution >= 4 is 34.6 Å². The van der Waals surface area contributed by atoms with Crippen molar-refractivity contribution < 1.29 is 9.59 Å². The number of aromatic nitrogens is 2. The lowest BCUT2D eigenvalue weighted by molar-refractivity contribution is 0.0846.